The second-order valence-electron chi connectivity index (χ2n) is 4.32. The van der Waals surface area contributed by atoms with Gasteiger partial charge in [-0.25, -0.2) is 0 Å². The molecule has 1 heterocycles. The van der Waals surface area contributed by atoms with Gasteiger partial charge in [-0.1, -0.05) is 23.8 Å². The molecular formula is C12H18S2. The van der Waals surface area contributed by atoms with Crippen LogP contribution in [-0.4, -0.2) is 15.6 Å². The van der Waals surface area contributed by atoms with Crippen molar-refractivity contribution in [2.75, 3.05) is 11.5 Å². The molecule has 0 nitrogen and oxygen atoms in total. The van der Waals surface area contributed by atoms with Crippen LogP contribution in [0.1, 0.15) is 26.7 Å². The third-order valence-electron chi connectivity index (χ3n) is 3.28. The zero-order valence-electron chi connectivity index (χ0n) is 9.01. The lowest BCUT2D eigenvalue weighted by Gasteiger charge is -2.36. The van der Waals surface area contributed by atoms with Crippen LogP contribution < -0.4 is 0 Å². The van der Waals surface area contributed by atoms with Gasteiger partial charge in [0.15, 0.2) is 0 Å². The van der Waals surface area contributed by atoms with Crippen molar-refractivity contribution in [2.24, 2.45) is 5.92 Å². The van der Waals surface area contributed by atoms with E-state index < -0.39 is 0 Å². The normalized spacial score (nSPS) is 30.4. The van der Waals surface area contributed by atoms with Gasteiger partial charge in [-0.15, -0.1) is 23.5 Å². The molecule has 14 heavy (non-hydrogen) atoms. The van der Waals surface area contributed by atoms with Gasteiger partial charge in [-0.2, -0.15) is 0 Å². The first-order valence-corrected chi connectivity index (χ1v) is 7.22. The Morgan fingerprint density at radius 1 is 1.50 bits per heavy atom. The van der Waals surface area contributed by atoms with Crippen LogP contribution in [0, 0.1) is 5.92 Å². The maximum Gasteiger partial charge on any atom is 0.0824 e. The van der Waals surface area contributed by atoms with Gasteiger partial charge in [0.05, 0.1) is 4.08 Å². The Hall–Kier alpha value is 0.180. The Bertz CT molecular complexity index is 272. The minimum atomic E-state index is 0.419. The van der Waals surface area contributed by atoms with Crippen LogP contribution >= 0.6 is 23.5 Å². The quantitative estimate of drug-likeness (QED) is 0.618. The van der Waals surface area contributed by atoms with E-state index in [0.717, 1.165) is 5.92 Å². The Kier molecular flexibility index (Phi) is 3.03. The van der Waals surface area contributed by atoms with Crippen molar-refractivity contribution in [3.63, 3.8) is 0 Å². The molecule has 1 spiro atoms. The van der Waals surface area contributed by atoms with Crippen molar-refractivity contribution in [1.29, 1.82) is 0 Å². The van der Waals surface area contributed by atoms with E-state index in [-0.39, 0.29) is 0 Å². The van der Waals surface area contributed by atoms with E-state index in [1.807, 2.05) is 0 Å². The molecule has 0 saturated carbocycles. The average Bonchev–Trinajstić information content (AvgIpc) is 2.59. The zero-order chi connectivity index (χ0) is 10.2. The van der Waals surface area contributed by atoms with Crippen LogP contribution in [-0.2, 0) is 0 Å². The van der Waals surface area contributed by atoms with Crippen molar-refractivity contribution < 1.29 is 0 Å². The first kappa shape index (κ1) is 10.7. The maximum absolute atomic E-state index is 4.11. The highest BCUT2D eigenvalue weighted by atomic mass is 32.2. The predicted molar refractivity (Wildman–Crippen MR) is 68.9 cm³/mol. The maximum atomic E-state index is 4.11. The summed E-state index contributed by atoms with van der Waals surface area (Å²) in [4.78, 5) is 0. The molecule has 2 heteroatoms. The Morgan fingerprint density at radius 2 is 2.14 bits per heavy atom. The predicted octanol–water partition coefficient (Wildman–Crippen LogP) is 4.10. The fourth-order valence-electron chi connectivity index (χ4n) is 2.22. The molecule has 0 bridgehead atoms. The molecule has 2 rings (SSSR count). The van der Waals surface area contributed by atoms with Crippen LogP contribution in [0.3, 0.4) is 0 Å². The van der Waals surface area contributed by atoms with Crippen molar-refractivity contribution in [3.8, 4) is 0 Å². The van der Waals surface area contributed by atoms with E-state index in [0.29, 0.717) is 4.08 Å². The molecule has 0 aromatic rings. The minimum absolute atomic E-state index is 0.419. The molecule has 1 saturated heterocycles. The standard InChI is InChI=1S/C12H18S2/c1-9(2)11-5-4-10(3)12(8-11)13-6-7-14-12/h4,11H,1,5-8H2,2-3H3. The molecule has 1 fully saturated rings. The van der Waals surface area contributed by atoms with Crippen LogP contribution in [0.25, 0.3) is 0 Å². The van der Waals surface area contributed by atoms with E-state index in [4.69, 9.17) is 0 Å². The fraction of sp³-hybridized carbons (Fsp3) is 0.667. The SMILES string of the molecule is C=C(C)C1CC=C(C)C2(C1)SCCS2. The summed E-state index contributed by atoms with van der Waals surface area (Å²) < 4.78 is 0.419. The lowest BCUT2D eigenvalue weighted by atomic mass is 9.85. The van der Waals surface area contributed by atoms with Gasteiger partial charge in [-0.05, 0) is 32.6 Å². The second kappa shape index (κ2) is 3.97. The second-order valence-corrected chi connectivity index (χ2v) is 7.37. The average molecular weight is 226 g/mol. The number of hydrogen-bond donors (Lipinski definition) is 0. The highest BCUT2D eigenvalue weighted by Crippen LogP contribution is 2.55. The molecule has 78 valence electrons. The number of rotatable bonds is 1. The lowest BCUT2D eigenvalue weighted by molar-refractivity contribution is 0.532. The van der Waals surface area contributed by atoms with Crippen molar-refractivity contribution in [1.82, 2.24) is 0 Å². The number of hydrogen-bond acceptors (Lipinski definition) is 2. The summed E-state index contributed by atoms with van der Waals surface area (Å²) in [5.41, 5.74) is 2.96. The van der Waals surface area contributed by atoms with Gasteiger partial charge >= 0.3 is 0 Å². The van der Waals surface area contributed by atoms with Gasteiger partial charge in [0.2, 0.25) is 0 Å². The first-order chi connectivity index (χ1) is 6.64. The molecule has 1 aliphatic carbocycles. The van der Waals surface area contributed by atoms with Crippen molar-refractivity contribution in [2.45, 2.75) is 30.8 Å². The van der Waals surface area contributed by atoms with Crippen LogP contribution in [0.15, 0.2) is 23.8 Å². The number of thioether (sulfide) groups is 2. The Morgan fingerprint density at radius 3 is 2.71 bits per heavy atom. The Balaban J connectivity index is 2.20. The molecule has 0 radical (unpaired) electrons. The van der Waals surface area contributed by atoms with E-state index >= 15 is 0 Å². The highest BCUT2D eigenvalue weighted by Gasteiger charge is 2.41. The topological polar surface area (TPSA) is 0 Å². The largest absolute Gasteiger partial charge is 0.139 e. The van der Waals surface area contributed by atoms with Gasteiger partial charge in [-0.3, -0.25) is 0 Å². The van der Waals surface area contributed by atoms with E-state index in [1.165, 1.54) is 29.9 Å². The summed E-state index contributed by atoms with van der Waals surface area (Å²) in [6, 6.07) is 0. The van der Waals surface area contributed by atoms with Crippen molar-refractivity contribution >= 4 is 23.5 Å². The van der Waals surface area contributed by atoms with E-state index in [9.17, 15) is 0 Å². The van der Waals surface area contributed by atoms with E-state index in [1.54, 1.807) is 5.57 Å². The lowest BCUT2D eigenvalue weighted by Crippen LogP contribution is -2.27. The summed E-state index contributed by atoms with van der Waals surface area (Å²) in [5, 5.41) is 0. The molecule has 0 aromatic carbocycles. The molecule has 0 N–H and O–H groups in total. The van der Waals surface area contributed by atoms with Crippen LogP contribution in [0.5, 0.6) is 0 Å². The van der Waals surface area contributed by atoms with Gasteiger partial charge in [0.25, 0.3) is 0 Å². The van der Waals surface area contributed by atoms with Gasteiger partial charge in [0.1, 0.15) is 0 Å². The monoisotopic (exact) mass is 226 g/mol. The summed E-state index contributed by atoms with van der Waals surface area (Å²) >= 11 is 4.30. The first-order valence-electron chi connectivity index (χ1n) is 5.24. The zero-order valence-corrected chi connectivity index (χ0v) is 10.6. The molecule has 1 aliphatic heterocycles. The smallest absolute Gasteiger partial charge is 0.0824 e. The highest BCUT2D eigenvalue weighted by molar-refractivity contribution is 8.21. The van der Waals surface area contributed by atoms with Crippen LogP contribution in [0.4, 0.5) is 0 Å². The summed E-state index contributed by atoms with van der Waals surface area (Å²) in [5.74, 6) is 3.36. The molecule has 0 amide bonds. The molecule has 2 aliphatic rings. The third kappa shape index (κ3) is 1.79. The summed E-state index contributed by atoms with van der Waals surface area (Å²) in [7, 11) is 0. The van der Waals surface area contributed by atoms with Gasteiger partial charge < -0.3 is 0 Å². The van der Waals surface area contributed by atoms with Crippen LogP contribution in [0.2, 0.25) is 0 Å². The molecule has 1 atom stereocenters. The number of allylic oxidation sites excluding steroid dienone is 2. The summed E-state index contributed by atoms with van der Waals surface area (Å²) in [6.45, 7) is 8.59. The summed E-state index contributed by atoms with van der Waals surface area (Å²) in [6.07, 6.45) is 4.96. The fourth-order valence-corrected chi connectivity index (χ4v) is 5.64. The minimum Gasteiger partial charge on any atom is -0.139 e. The van der Waals surface area contributed by atoms with Crippen molar-refractivity contribution in [3.05, 3.63) is 23.8 Å². The third-order valence-corrected chi connectivity index (χ3v) is 6.97. The Labute approximate surface area is 95.6 Å². The molecular weight excluding hydrogens is 208 g/mol. The van der Waals surface area contributed by atoms with Gasteiger partial charge in [0, 0.05) is 11.5 Å². The van der Waals surface area contributed by atoms with E-state index in [2.05, 4.69) is 50.0 Å². The molecule has 1 unspecified atom stereocenters. The molecule has 0 aromatic heterocycles.